The molecule has 0 saturated carbocycles. The minimum absolute atomic E-state index is 0.0378. The highest BCUT2D eigenvalue weighted by Crippen LogP contribution is 2.20. The number of nitrogens with zero attached hydrogens (tertiary/aromatic N) is 2. The number of sulfonamides is 1. The molecule has 0 atom stereocenters. The molecule has 0 unspecified atom stereocenters. The smallest absolute Gasteiger partial charge is 0.321 e. The van der Waals surface area contributed by atoms with Crippen molar-refractivity contribution in [2.45, 2.75) is 17.7 Å². The van der Waals surface area contributed by atoms with Crippen LogP contribution in [0.15, 0.2) is 53.4 Å². The van der Waals surface area contributed by atoms with Crippen LogP contribution < -0.4 is 10.0 Å². The predicted octanol–water partition coefficient (Wildman–Crippen LogP) is 2.96. The third kappa shape index (κ3) is 5.51. The summed E-state index contributed by atoms with van der Waals surface area (Å²) in [5.74, 6) is -0.322. The van der Waals surface area contributed by atoms with Gasteiger partial charge in [0.25, 0.3) is 5.69 Å². The van der Waals surface area contributed by atoms with Crippen LogP contribution in [0.2, 0.25) is 0 Å². The number of carbonyl (C=O) groups is 1. The monoisotopic (exact) mass is 436 g/mol. The number of urea groups is 1. The minimum atomic E-state index is -3.77. The molecule has 1 fully saturated rings. The second-order valence-corrected chi connectivity index (χ2v) is 8.74. The van der Waals surface area contributed by atoms with Crippen molar-refractivity contribution in [1.29, 1.82) is 0 Å². The largest absolute Gasteiger partial charge is 0.325 e. The highest BCUT2D eigenvalue weighted by atomic mass is 32.2. The minimum Gasteiger partial charge on any atom is -0.325 e. The molecule has 0 aliphatic carbocycles. The van der Waals surface area contributed by atoms with Crippen molar-refractivity contribution in [3.63, 3.8) is 0 Å². The number of nitro benzene ring substituents is 1. The first-order chi connectivity index (χ1) is 14.2. The van der Waals surface area contributed by atoms with E-state index in [1.165, 1.54) is 36.4 Å². The third-order valence-corrected chi connectivity index (χ3v) is 6.36. The van der Waals surface area contributed by atoms with E-state index in [1.54, 1.807) is 4.90 Å². The van der Waals surface area contributed by atoms with Gasteiger partial charge in [-0.2, -0.15) is 0 Å². The van der Waals surface area contributed by atoms with Crippen LogP contribution in [0, 0.1) is 21.8 Å². The Bertz CT molecular complexity index is 1000. The zero-order chi connectivity index (χ0) is 21.7. The van der Waals surface area contributed by atoms with Crippen LogP contribution in [0.1, 0.15) is 12.8 Å². The van der Waals surface area contributed by atoms with Crippen molar-refractivity contribution in [2.24, 2.45) is 5.92 Å². The summed E-state index contributed by atoms with van der Waals surface area (Å²) in [6.07, 6.45) is 1.25. The number of halogens is 1. The molecule has 3 rings (SSSR count). The summed E-state index contributed by atoms with van der Waals surface area (Å²) in [4.78, 5) is 24.0. The van der Waals surface area contributed by atoms with E-state index in [4.69, 9.17) is 0 Å². The van der Waals surface area contributed by atoms with Gasteiger partial charge >= 0.3 is 6.03 Å². The number of anilines is 1. The van der Waals surface area contributed by atoms with Crippen molar-refractivity contribution in [3.8, 4) is 0 Å². The number of rotatable bonds is 6. The van der Waals surface area contributed by atoms with E-state index in [9.17, 15) is 27.7 Å². The molecule has 160 valence electrons. The van der Waals surface area contributed by atoms with Crippen molar-refractivity contribution >= 4 is 27.4 Å². The molecule has 2 aromatic rings. The Kier molecular flexibility index (Phi) is 6.63. The maximum absolute atomic E-state index is 12.9. The molecule has 0 aromatic heterocycles. The lowest BCUT2D eigenvalue weighted by Crippen LogP contribution is -2.43. The summed E-state index contributed by atoms with van der Waals surface area (Å²) in [7, 11) is -3.77. The summed E-state index contributed by atoms with van der Waals surface area (Å²) < 4.78 is 40.2. The van der Waals surface area contributed by atoms with Crippen LogP contribution in [0.25, 0.3) is 0 Å². The lowest BCUT2D eigenvalue weighted by atomic mass is 9.97. The van der Waals surface area contributed by atoms with Crippen molar-refractivity contribution in [1.82, 2.24) is 9.62 Å². The van der Waals surface area contributed by atoms with Gasteiger partial charge in [0.15, 0.2) is 0 Å². The normalized spacial score (nSPS) is 15.0. The number of non-ortho nitro benzene ring substituents is 1. The Morgan fingerprint density at radius 3 is 2.27 bits per heavy atom. The molecule has 2 N–H and O–H groups in total. The summed E-state index contributed by atoms with van der Waals surface area (Å²) in [6, 6.07) is 9.88. The first-order valence-corrected chi connectivity index (χ1v) is 10.8. The maximum Gasteiger partial charge on any atom is 0.321 e. The zero-order valence-corrected chi connectivity index (χ0v) is 16.8. The Labute approximate surface area is 173 Å². The number of likely N-dealkylation sites (tertiary alicyclic amines) is 1. The average molecular weight is 436 g/mol. The Morgan fingerprint density at radius 1 is 1.10 bits per heavy atom. The van der Waals surface area contributed by atoms with Gasteiger partial charge in [0.2, 0.25) is 10.0 Å². The molecular weight excluding hydrogens is 415 g/mol. The average Bonchev–Trinajstić information content (AvgIpc) is 2.74. The van der Waals surface area contributed by atoms with E-state index in [1.807, 2.05) is 0 Å². The number of amides is 2. The number of hydrogen-bond acceptors (Lipinski definition) is 5. The molecule has 1 saturated heterocycles. The third-order valence-electron chi connectivity index (χ3n) is 4.92. The van der Waals surface area contributed by atoms with Gasteiger partial charge in [0, 0.05) is 37.5 Å². The molecule has 1 aliphatic rings. The Balaban J connectivity index is 1.47. The lowest BCUT2D eigenvalue weighted by molar-refractivity contribution is -0.384. The van der Waals surface area contributed by atoms with E-state index in [0.717, 1.165) is 12.1 Å². The second-order valence-electron chi connectivity index (χ2n) is 6.97. The quantitative estimate of drug-likeness (QED) is 0.533. The fraction of sp³-hybridized carbons (Fsp3) is 0.316. The molecule has 2 aromatic carbocycles. The summed E-state index contributed by atoms with van der Waals surface area (Å²) >= 11 is 0. The first kappa shape index (κ1) is 21.7. The van der Waals surface area contributed by atoms with Crippen LogP contribution in [0.3, 0.4) is 0 Å². The number of piperidine rings is 1. The molecule has 30 heavy (non-hydrogen) atoms. The molecular formula is C19H21FN4O5S. The molecule has 1 heterocycles. The second kappa shape index (κ2) is 9.18. The van der Waals surface area contributed by atoms with Crippen molar-refractivity contribution < 1.29 is 22.5 Å². The van der Waals surface area contributed by atoms with Crippen LogP contribution in [0.4, 0.5) is 20.6 Å². The van der Waals surface area contributed by atoms with Gasteiger partial charge < -0.3 is 10.2 Å². The van der Waals surface area contributed by atoms with E-state index >= 15 is 0 Å². The van der Waals surface area contributed by atoms with E-state index in [0.29, 0.717) is 31.6 Å². The number of hydrogen-bond donors (Lipinski definition) is 2. The molecule has 0 spiro atoms. The van der Waals surface area contributed by atoms with Crippen LogP contribution in [-0.4, -0.2) is 43.9 Å². The van der Waals surface area contributed by atoms with Gasteiger partial charge in [-0.1, -0.05) is 0 Å². The Hall–Kier alpha value is -3.05. The van der Waals surface area contributed by atoms with Gasteiger partial charge in [0.1, 0.15) is 5.82 Å². The standard InChI is InChI=1S/C19H21FN4O5S/c20-15-1-3-16(4-2-15)22-19(25)23-11-9-14(10-12-23)13-21-30(28,29)18-7-5-17(6-8-18)24(26)27/h1-8,14,21H,9-13H2,(H,22,25). The fourth-order valence-electron chi connectivity index (χ4n) is 3.13. The number of nitro groups is 1. The van der Waals surface area contributed by atoms with Gasteiger partial charge in [0.05, 0.1) is 9.82 Å². The molecule has 2 amide bonds. The lowest BCUT2D eigenvalue weighted by Gasteiger charge is -2.32. The summed E-state index contributed by atoms with van der Waals surface area (Å²) in [6.45, 7) is 1.15. The first-order valence-electron chi connectivity index (χ1n) is 9.30. The molecule has 0 bridgehead atoms. The highest BCUT2D eigenvalue weighted by Gasteiger charge is 2.25. The van der Waals surface area contributed by atoms with Crippen LogP contribution in [0.5, 0.6) is 0 Å². The highest BCUT2D eigenvalue weighted by molar-refractivity contribution is 7.89. The van der Waals surface area contributed by atoms with E-state index in [2.05, 4.69) is 10.0 Å². The molecule has 0 radical (unpaired) electrons. The predicted molar refractivity (Wildman–Crippen MR) is 108 cm³/mol. The molecule has 11 heteroatoms. The number of benzene rings is 2. The SMILES string of the molecule is O=C(Nc1ccc(F)cc1)N1CCC(CNS(=O)(=O)c2ccc([N+](=O)[O-])cc2)CC1. The van der Waals surface area contributed by atoms with Crippen LogP contribution in [-0.2, 0) is 10.0 Å². The fourth-order valence-corrected chi connectivity index (χ4v) is 4.25. The molecule has 9 nitrogen and oxygen atoms in total. The summed E-state index contributed by atoms with van der Waals surface area (Å²) in [5, 5.41) is 13.4. The van der Waals surface area contributed by atoms with Crippen molar-refractivity contribution in [3.05, 3.63) is 64.5 Å². The Morgan fingerprint density at radius 2 is 1.70 bits per heavy atom. The van der Waals surface area contributed by atoms with Crippen molar-refractivity contribution in [2.75, 3.05) is 25.0 Å². The van der Waals surface area contributed by atoms with Gasteiger partial charge in [-0.3, -0.25) is 10.1 Å². The maximum atomic E-state index is 12.9. The van der Waals surface area contributed by atoms with E-state index < -0.39 is 14.9 Å². The summed E-state index contributed by atoms with van der Waals surface area (Å²) in [5.41, 5.74) is 0.319. The number of carbonyl (C=O) groups excluding carboxylic acids is 1. The molecule has 1 aliphatic heterocycles. The zero-order valence-electron chi connectivity index (χ0n) is 16.0. The van der Waals surface area contributed by atoms with Gasteiger partial charge in [-0.05, 0) is 55.2 Å². The topological polar surface area (TPSA) is 122 Å². The number of nitrogens with one attached hydrogen (secondary N) is 2. The van der Waals surface area contributed by atoms with Gasteiger partial charge in [-0.15, -0.1) is 0 Å². The van der Waals surface area contributed by atoms with Gasteiger partial charge in [-0.25, -0.2) is 22.3 Å². The van der Waals surface area contributed by atoms with E-state index in [-0.39, 0.29) is 34.9 Å². The van der Waals surface area contributed by atoms with Crippen LogP contribution >= 0.6 is 0 Å².